The molecule has 0 amide bonds. The Morgan fingerprint density at radius 1 is 1.38 bits per heavy atom. The second kappa shape index (κ2) is 5.59. The summed E-state index contributed by atoms with van der Waals surface area (Å²) in [6.07, 6.45) is 5.28. The zero-order chi connectivity index (χ0) is 11.4. The van der Waals surface area contributed by atoms with Crippen LogP contribution in [-0.2, 0) is 0 Å². The Kier molecular flexibility index (Phi) is 4.12. The summed E-state index contributed by atoms with van der Waals surface area (Å²) >= 11 is 1.44. The molecule has 0 radical (unpaired) electrons. The zero-order valence-corrected chi connectivity index (χ0v) is 10.6. The standard InChI is InChI=1S/C11H20N4S/c1-8-14-11(16-15-8)13-7-10-5-3-2-4-9(10)6-12/h9-10H,2-7,12H2,1H3,(H,13,14,15). The molecule has 3 N–H and O–H groups in total. The van der Waals surface area contributed by atoms with Gasteiger partial charge in [0.15, 0.2) is 0 Å². The number of aromatic nitrogens is 2. The van der Waals surface area contributed by atoms with Gasteiger partial charge in [-0.15, -0.1) is 0 Å². The van der Waals surface area contributed by atoms with Crippen LogP contribution in [0.3, 0.4) is 0 Å². The lowest BCUT2D eigenvalue weighted by Crippen LogP contribution is -2.31. The molecule has 1 aliphatic carbocycles. The predicted molar refractivity (Wildman–Crippen MR) is 67.6 cm³/mol. The molecule has 0 saturated heterocycles. The average Bonchev–Trinajstić information content (AvgIpc) is 2.73. The summed E-state index contributed by atoms with van der Waals surface area (Å²) in [5.41, 5.74) is 5.81. The van der Waals surface area contributed by atoms with Gasteiger partial charge in [0.2, 0.25) is 5.13 Å². The Labute approximate surface area is 101 Å². The zero-order valence-electron chi connectivity index (χ0n) is 9.78. The third-order valence-electron chi connectivity index (χ3n) is 3.41. The van der Waals surface area contributed by atoms with Crippen molar-refractivity contribution in [3.05, 3.63) is 5.82 Å². The van der Waals surface area contributed by atoms with Crippen molar-refractivity contribution in [2.24, 2.45) is 17.6 Å². The number of hydrogen-bond acceptors (Lipinski definition) is 5. The van der Waals surface area contributed by atoms with E-state index in [1.165, 1.54) is 37.2 Å². The van der Waals surface area contributed by atoms with Gasteiger partial charge in [-0.25, -0.2) is 4.98 Å². The molecule has 4 nitrogen and oxygen atoms in total. The van der Waals surface area contributed by atoms with E-state index < -0.39 is 0 Å². The summed E-state index contributed by atoms with van der Waals surface area (Å²) in [5, 5.41) is 4.33. The molecule has 1 aliphatic rings. The van der Waals surface area contributed by atoms with E-state index in [0.29, 0.717) is 11.8 Å². The molecule has 16 heavy (non-hydrogen) atoms. The van der Waals surface area contributed by atoms with Gasteiger partial charge in [0.25, 0.3) is 0 Å². The van der Waals surface area contributed by atoms with Crippen LogP contribution in [0, 0.1) is 18.8 Å². The van der Waals surface area contributed by atoms with Gasteiger partial charge in [-0.1, -0.05) is 12.8 Å². The fraction of sp³-hybridized carbons (Fsp3) is 0.818. The summed E-state index contributed by atoms with van der Waals surface area (Å²) in [6.45, 7) is 3.74. The maximum Gasteiger partial charge on any atom is 0.202 e. The van der Waals surface area contributed by atoms with Crippen LogP contribution in [0.1, 0.15) is 31.5 Å². The highest BCUT2D eigenvalue weighted by atomic mass is 32.1. The molecular formula is C11H20N4S. The SMILES string of the molecule is Cc1nsc(NCC2CCCCC2CN)n1. The normalized spacial score (nSPS) is 25.6. The van der Waals surface area contributed by atoms with Crippen molar-refractivity contribution >= 4 is 16.7 Å². The van der Waals surface area contributed by atoms with E-state index in [-0.39, 0.29) is 0 Å². The molecule has 2 unspecified atom stereocenters. The van der Waals surface area contributed by atoms with Crippen LogP contribution in [0.25, 0.3) is 0 Å². The predicted octanol–water partition coefficient (Wildman–Crippen LogP) is 2.02. The molecule has 1 fully saturated rings. The van der Waals surface area contributed by atoms with Gasteiger partial charge in [0, 0.05) is 18.1 Å². The van der Waals surface area contributed by atoms with Gasteiger partial charge in [-0.2, -0.15) is 4.37 Å². The van der Waals surface area contributed by atoms with Gasteiger partial charge >= 0.3 is 0 Å². The lowest BCUT2D eigenvalue weighted by atomic mass is 9.79. The molecule has 1 saturated carbocycles. The smallest absolute Gasteiger partial charge is 0.202 e. The van der Waals surface area contributed by atoms with Crippen molar-refractivity contribution in [2.75, 3.05) is 18.4 Å². The van der Waals surface area contributed by atoms with E-state index in [4.69, 9.17) is 5.73 Å². The minimum atomic E-state index is 0.690. The summed E-state index contributed by atoms with van der Waals surface area (Å²) in [6, 6.07) is 0. The average molecular weight is 240 g/mol. The van der Waals surface area contributed by atoms with E-state index in [2.05, 4.69) is 14.7 Å². The second-order valence-electron chi connectivity index (χ2n) is 4.57. The third-order valence-corrected chi connectivity index (χ3v) is 4.18. The summed E-state index contributed by atoms with van der Waals surface area (Å²) in [4.78, 5) is 4.31. The van der Waals surface area contributed by atoms with E-state index in [9.17, 15) is 0 Å². The number of aryl methyl sites for hydroxylation is 1. The Morgan fingerprint density at radius 3 is 2.75 bits per heavy atom. The maximum atomic E-state index is 5.81. The molecule has 0 spiro atoms. The number of anilines is 1. The fourth-order valence-electron chi connectivity index (χ4n) is 2.45. The van der Waals surface area contributed by atoms with Crippen molar-refractivity contribution in [1.29, 1.82) is 0 Å². The first-order chi connectivity index (χ1) is 7.79. The highest BCUT2D eigenvalue weighted by molar-refractivity contribution is 7.09. The summed E-state index contributed by atoms with van der Waals surface area (Å²) < 4.78 is 4.16. The number of nitrogens with two attached hydrogens (primary N) is 1. The van der Waals surface area contributed by atoms with Crippen molar-refractivity contribution in [3.8, 4) is 0 Å². The molecule has 1 aromatic heterocycles. The second-order valence-corrected chi connectivity index (χ2v) is 5.32. The Bertz CT molecular complexity index is 326. The summed E-state index contributed by atoms with van der Waals surface area (Å²) in [7, 11) is 0. The Balaban J connectivity index is 1.84. The van der Waals surface area contributed by atoms with Crippen LogP contribution in [0.15, 0.2) is 0 Å². The molecule has 2 rings (SSSR count). The third kappa shape index (κ3) is 2.92. The molecule has 0 aromatic carbocycles. The Hall–Kier alpha value is -0.680. The van der Waals surface area contributed by atoms with Gasteiger partial charge < -0.3 is 11.1 Å². The van der Waals surface area contributed by atoms with Gasteiger partial charge in [-0.05, 0) is 38.1 Å². The van der Waals surface area contributed by atoms with Crippen LogP contribution in [0.4, 0.5) is 5.13 Å². The monoisotopic (exact) mass is 240 g/mol. The lowest BCUT2D eigenvalue weighted by Gasteiger charge is -2.30. The minimum Gasteiger partial charge on any atom is -0.360 e. The largest absolute Gasteiger partial charge is 0.360 e. The molecule has 1 heterocycles. The van der Waals surface area contributed by atoms with Crippen molar-refractivity contribution in [1.82, 2.24) is 9.36 Å². The highest BCUT2D eigenvalue weighted by Crippen LogP contribution is 2.29. The van der Waals surface area contributed by atoms with E-state index in [1.54, 1.807) is 0 Å². The first kappa shape index (κ1) is 11.8. The lowest BCUT2D eigenvalue weighted by molar-refractivity contribution is 0.255. The Morgan fingerprint density at radius 2 is 2.12 bits per heavy atom. The number of rotatable bonds is 4. The maximum absolute atomic E-state index is 5.81. The van der Waals surface area contributed by atoms with Crippen LogP contribution in [0.5, 0.6) is 0 Å². The van der Waals surface area contributed by atoms with Gasteiger partial charge in [-0.3, -0.25) is 0 Å². The van der Waals surface area contributed by atoms with E-state index in [0.717, 1.165) is 24.0 Å². The van der Waals surface area contributed by atoms with E-state index >= 15 is 0 Å². The minimum absolute atomic E-state index is 0.690. The van der Waals surface area contributed by atoms with Gasteiger partial charge in [0.05, 0.1) is 0 Å². The number of nitrogens with one attached hydrogen (secondary N) is 1. The van der Waals surface area contributed by atoms with Gasteiger partial charge in [0.1, 0.15) is 5.82 Å². The fourth-order valence-corrected chi connectivity index (χ4v) is 3.03. The van der Waals surface area contributed by atoms with Crippen molar-refractivity contribution < 1.29 is 0 Å². The number of hydrogen-bond donors (Lipinski definition) is 2. The molecule has 2 atom stereocenters. The van der Waals surface area contributed by atoms with Crippen LogP contribution < -0.4 is 11.1 Å². The van der Waals surface area contributed by atoms with Crippen LogP contribution in [-0.4, -0.2) is 22.4 Å². The topological polar surface area (TPSA) is 63.8 Å². The first-order valence-corrected chi connectivity index (χ1v) is 6.81. The first-order valence-electron chi connectivity index (χ1n) is 6.04. The number of nitrogens with zero attached hydrogens (tertiary/aromatic N) is 2. The van der Waals surface area contributed by atoms with Crippen LogP contribution >= 0.6 is 11.5 Å². The highest BCUT2D eigenvalue weighted by Gasteiger charge is 2.23. The van der Waals surface area contributed by atoms with E-state index in [1.807, 2.05) is 6.92 Å². The van der Waals surface area contributed by atoms with Crippen molar-refractivity contribution in [3.63, 3.8) is 0 Å². The molecular weight excluding hydrogens is 220 g/mol. The molecule has 0 bridgehead atoms. The quantitative estimate of drug-likeness (QED) is 0.845. The summed E-state index contributed by atoms with van der Waals surface area (Å²) in [5.74, 6) is 2.25. The molecule has 90 valence electrons. The van der Waals surface area contributed by atoms with Crippen LogP contribution in [0.2, 0.25) is 0 Å². The van der Waals surface area contributed by atoms with Crippen molar-refractivity contribution in [2.45, 2.75) is 32.6 Å². The molecule has 5 heteroatoms. The molecule has 0 aliphatic heterocycles. The molecule has 1 aromatic rings.